The lowest BCUT2D eigenvalue weighted by Crippen LogP contribution is -2.30. The largest absolute Gasteiger partial charge is 0.385 e. The van der Waals surface area contributed by atoms with Crippen molar-refractivity contribution in [1.82, 2.24) is 4.57 Å². The summed E-state index contributed by atoms with van der Waals surface area (Å²) in [5, 5.41) is 0. The number of pyridine rings is 1. The summed E-state index contributed by atoms with van der Waals surface area (Å²) in [7, 11) is 1.65. The van der Waals surface area contributed by atoms with Crippen LogP contribution < -0.4 is 5.56 Å². The Morgan fingerprint density at radius 2 is 2.17 bits per heavy atom. The number of hydrogen-bond acceptors (Lipinski definition) is 3. The first-order valence-corrected chi connectivity index (χ1v) is 6.47. The minimum absolute atomic E-state index is 0.151. The van der Waals surface area contributed by atoms with Crippen molar-refractivity contribution in [3.8, 4) is 0 Å². The lowest BCUT2D eigenvalue weighted by atomic mass is 9.94. The number of fused-ring (bicyclic) bond motifs is 1. The lowest BCUT2D eigenvalue weighted by molar-refractivity contribution is 0.112. The van der Waals surface area contributed by atoms with Gasteiger partial charge in [-0.05, 0) is 43.7 Å². The number of carbonyl (C=O) groups excluding carboxylic acids is 1. The number of aromatic nitrogens is 1. The van der Waals surface area contributed by atoms with Crippen LogP contribution in [0.5, 0.6) is 0 Å². The van der Waals surface area contributed by atoms with Crippen LogP contribution in [-0.4, -0.2) is 24.6 Å². The molecule has 0 atom stereocenters. The number of rotatable bonds is 5. The number of aldehydes is 1. The van der Waals surface area contributed by atoms with E-state index < -0.39 is 0 Å². The van der Waals surface area contributed by atoms with Gasteiger partial charge in [-0.3, -0.25) is 9.59 Å². The molecule has 2 rings (SSSR count). The molecule has 1 heterocycles. The Hall–Kier alpha value is -1.42. The molecule has 0 spiro atoms. The number of carbonyl (C=O) groups is 1. The van der Waals surface area contributed by atoms with Gasteiger partial charge in [0.05, 0.1) is 5.56 Å². The van der Waals surface area contributed by atoms with E-state index in [1.165, 1.54) is 5.56 Å². The average Bonchev–Trinajstić information content (AvgIpc) is 2.41. The summed E-state index contributed by atoms with van der Waals surface area (Å²) < 4.78 is 6.79. The van der Waals surface area contributed by atoms with E-state index in [2.05, 4.69) is 0 Å². The minimum atomic E-state index is -0.151. The molecule has 0 saturated heterocycles. The van der Waals surface area contributed by atoms with Crippen molar-refractivity contribution < 1.29 is 9.53 Å². The Kier molecular flexibility index (Phi) is 4.31. The van der Waals surface area contributed by atoms with Gasteiger partial charge < -0.3 is 9.30 Å². The number of methoxy groups -OCH3 is 1. The Balaban J connectivity index is 2.40. The van der Waals surface area contributed by atoms with Gasteiger partial charge in [0.1, 0.15) is 0 Å². The van der Waals surface area contributed by atoms with Gasteiger partial charge in [0.15, 0.2) is 6.29 Å². The number of nitrogens with zero attached hydrogens (tertiary/aromatic N) is 1. The SMILES string of the molecule is COCCCn1c2c(cc(C=O)c1=O)CCCC2. The van der Waals surface area contributed by atoms with Gasteiger partial charge in [-0.15, -0.1) is 0 Å². The first kappa shape index (κ1) is 13.0. The summed E-state index contributed by atoms with van der Waals surface area (Å²) in [6.45, 7) is 1.27. The normalized spacial score (nSPS) is 14.3. The molecule has 1 aromatic heterocycles. The van der Waals surface area contributed by atoms with Gasteiger partial charge in [-0.1, -0.05) is 0 Å². The highest BCUT2D eigenvalue weighted by Crippen LogP contribution is 2.20. The van der Waals surface area contributed by atoms with Crippen molar-refractivity contribution in [1.29, 1.82) is 0 Å². The predicted molar refractivity (Wildman–Crippen MR) is 69.2 cm³/mol. The third kappa shape index (κ3) is 2.53. The summed E-state index contributed by atoms with van der Waals surface area (Å²) in [6, 6.07) is 1.77. The van der Waals surface area contributed by atoms with Crippen LogP contribution in [-0.2, 0) is 24.1 Å². The Morgan fingerprint density at radius 1 is 1.39 bits per heavy atom. The van der Waals surface area contributed by atoms with Crippen LogP contribution in [0.2, 0.25) is 0 Å². The van der Waals surface area contributed by atoms with Gasteiger partial charge in [0.25, 0.3) is 5.56 Å². The quantitative estimate of drug-likeness (QED) is 0.588. The van der Waals surface area contributed by atoms with Crippen LogP contribution >= 0.6 is 0 Å². The fourth-order valence-electron chi connectivity index (χ4n) is 2.59. The standard InChI is InChI=1S/C14H19NO3/c1-18-8-4-7-15-13-6-3-2-5-11(13)9-12(10-16)14(15)17/h9-10H,2-8H2,1H3. The third-order valence-corrected chi connectivity index (χ3v) is 3.49. The molecule has 0 radical (unpaired) electrons. The maximum absolute atomic E-state index is 12.2. The van der Waals surface area contributed by atoms with Crippen LogP contribution in [0.4, 0.5) is 0 Å². The topological polar surface area (TPSA) is 48.3 Å². The number of ether oxygens (including phenoxy) is 1. The predicted octanol–water partition coefficient (Wildman–Crippen LogP) is 1.58. The summed E-state index contributed by atoms with van der Waals surface area (Å²) in [6.07, 6.45) is 5.64. The molecule has 4 nitrogen and oxygen atoms in total. The summed E-state index contributed by atoms with van der Waals surface area (Å²) >= 11 is 0. The molecule has 0 fully saturated rings. The molecule has 0 amide bonds. The highest BCUT2D eigenvalue weighted by Gasteiger charge is 2.17. The monoisotopic (exact) mass is 249 g/mol. The van der Waals surface area contributed by atoms with E-state index in [-0.39, 0.29) is 11.1 Å². The molecule has 0 N–H and O–H groups in total. The lowest BCUT2D eigenvalue weighted by Gasteiger charge is -2.21. The van der Waals surface area contributed by atoms with Crippen molar-refractivity contribution in [2.75, 3.05) is 13.7 Å². The Labute approximate surface area is 107 Å². The summed E-state index contributed by atoms with van der Waals surface area (Å²) in [5.74, 6) is 0. The molecule has 4 heteroatoms. The van der Waals surface area contributed by atoms with Crippen molar-refractivity contribution >= 4 is 6.29 Å². The first-order chi connectivity index (χ1) is 8.77. The third-order valence-electron chi connectivity index (χ3n) is 3.49. The molecular formula is C14H19NO3. The second-order valence-electron chi connectivity index (χ2n) is 4.70. The van der Waals surface area contributed by atoms with Gasteiger partial charge in [-0.25, -0.2) is 0 Å². The molecule has 18 heavy (non-hydrogen) atoms. The zero-order valence-corrected chi connectivity index (χ0v) is 10.8. The van der Waals surface area contributed by atoms with Crippen molar-refractivity contribution in [3.05, 3.63) is 33.2 Å². The Morgan fingerprint density at radius 3 is 2.89 bits per heavy atom. The van der Waals surface area contributed by atoms with Crippen molar-refractivity contribution in [2.45, 2.75) is 38.6 Å². The van der Waals surface area contributed by atoms with E-state index in [1.807, 2.05) is 0 Å². The van der Waals surface area contributed by atoms with Gasteiger partial charge >= 0.3 is 0 Å². The molecule has 0 unspecified atom stereocenters. The average molecular weight is 249 g/mol. The maximum atomic E-state index is 12.2. The van der Waals surface area contributed by atoms with E-state index in [0.717, 1.165) is 37.8 Å². The van der Waals surface area contributed by atoms with E-state index in [9.17, 15) is 9.59 Å². The molecular weight excluding hydrogens is 230 g/mol. The zero-order valence-electron chi connectivity index (χ0n) is 10.8. The highest BCUT2D eigenvalue weighted by atomic mass is 16.5. The van der Waals surface area contributed by atoms with Gasteiger partial charge in [-0.2, -0.15) is 0 Å². The van der Waals surface area contributed by atoms with Crippen LogP contribution in [0.25, 0.3) is 0 Å². The molecule has 98 valence electrons. The molecule has 1 aliphatic rings. The van der Waals surface area contributed by atoms with Crippen molar-refractivity contribution in [2.24, 2.45) is 0 Å². The minimum Gasteiger partial charge on any atom is -0.385 e. The van der Waals surface area contributed by atoms with Crippen LogP contribution in [0.1, 0.15) is 40.9 Å². The smallest absolute Gasteiger partial charge is 0.261 e. The van der Waals surface area contributed by atoms with Crippen LogP contribution in [0.3, 0.4) is 0 Å². The second-order valence-corrected chi connectivity index (χ2v) is 4.70. The van der Waals surface area contributed by atoms with Gasteiger partial charge in [0, 0.05) is 26.0 Å². The summed E-state index contributed by atoms with van der Waals surface area (Å²) in [5.41, 5.74) is 2.42. The second kappa shape index (κ2) is 5.96. The first-order valence-electron chi connectivity index (χ1n) is 6.47. The van der Waals surface area contributed by atoms with Crippen LogP contribution in [0, 0.1) is 0 Å². The molecule has 1 aromatic rings. The molecule has 0 bridgehead atoms. The van der Waals surface area contributed by atoms with Crippen molar-refractivity contribution in [3.63, 3.8) is 0 Å². The Bertz CT molecular complexity index is 491. The molecule has 0 saturated carbocycles. The fraction of sp³-hybridized carbons (Fsp3) is 0.571. The zero-order chi connectivity index (χ0) is 13.0. The van der Waals surface area contributed by atoms with E-state index in [4.69, 9.17) is 4.74 Å². The number of aryl methyl sites for hydroxylation is 1. The molecule has 0 aliphatic heterocycles. The summed E-state index contributed by atoms with van der Waals surface area (Å²) in [4.78, 5) is 23.1. The number of hydrogen-bond donors (Lipinski definition) is 0. The fourth-order valence-corrected chi connectivity index (χ4v) is 2.59. The van der Waals surface area contributed by atoms with E-state index in [0.29, 0.717) is 19.4 Å². The highest BCUT2D eigenvalue weighted by molar-refractivity contribution is 5.74. The van der Waals surface area contributed by atoms with E-state index in [1.54, 1.807) is 17.7 Å². The van der Waals surface area contributed by atoms with E-state index >= 15 is 0 Å². The van der Waals surface area contributed by atoms with Gasteiger partial charge in [0.2, 0.25) is 0 Å². The molecule has 1 aliphatic carbocycles. The van der Waals surface area contributed by atoms with Crippen LogP contribution in [0.15, 0.2) is 10.9 Å². The molecule has 0 aromatic carbocycles. The maximum Gasteiger partial charge on any atom is 0.261 e.